The first kappa shape index (κ1) is 11.8. The Kier molecular flexibility index (Phi) is 2.51. The number of nitrogens with zero attached hydrogens (tertiary/aromatic N) is 4. The molecule has 1 aromatic heterocycles. The summed E-state index contributed by atoms with van der Waals surface area (Å²) in [6, 6.07) is 9.60. The molecule has 2 aromatic rings. The Hall–Kier alpha value is -1.99. The van der Waals surface area contributed by atoms with E-state index >= 15 is 0 Å². The zero-order valence-corrected chi connectivity index (χ0v) is 11.4. The molecule has 2 aliphatic rings. The number of carbonyl (C=O) groups is 1. The van der Waals surface area contributed by atoms with Crippen molar-refractivity contribution >= 4 is 18.9 Å². The molecule has 1 unspecified atom stereocenters. The van der Waals surface area contributed by atoms with Crippen LogP contribution in [-0.2, 0) is 10.8 Å². The molecule has 6 nitrogen and oxygen atoms in total. The molecule has 0 aliphatic carbocycles. The summed E-state index contributed by atoms with van der Waals surface area (Å²) in [6.45, 7) is 1.15. The van der Waals surface area contributed by atoms with Gasteiger partial charge in [0.05, 0.1) is 30.7 Å². The summed E-state index contributed by atoms with van der Waals surface area (Å²) in [5.41, 5.74) is 3.03. The third kappa shape index (κ3) is 1.50. The number of urea groups is 1. The van der Waals surface area contributed by atoms with Crippen LogP contribution in [0.25, 0.3) is 5.69 Å². The lowest BCUT2D eigenvalue weighted by atomic mass is 10.0. The number of hydrogen-bond acceptors (Lipinski definition) is 4. The van der Waals surface area contributed by atoms with Crippen molar-refractivity contribution in [3.05, 3.63) is 47.8 Å². The predicted octanol–water partition coefficient (Wildman–Crippen LogP) is 1.94. The maximum atomic E-state index is 12.1. The van der Waals surface area contributed by atoms with Gasteiger partial charge in [0.1, 0.15) is 6.04 Å². The Morgan fingerprint density at radius 1 is 1.30 bits per heavy atom. The van der Waals surface area contributed by atoms with Crippen molar-refractivity contribution in [1.82, 2.24) is 19.7 Å². The predicted molar refractivity (Wildman–Crippen MR) is 74.0 cm³/mol. The van der Waals surface area contributed by atoms with Crippen LogP contribution in [0.4, 0.5) is 4.79 Å². The number of amides is 2. The van der Waals surface area contributed by atoms with E-state index in [1.165, 1.54) is 5.06 Å². The highest BCUT2D eigenvalue weighted by atomic mass is 32.1. The van der Waals surface area contributed by atoms with Crippen LogP contribution in [0.5, 0.6) is 0 Å². The first-order valence-corrected chi connectivity index (χ1v) is 6.68. The second-order valence-electron chi connectivity index (χ2n) is 4.88. The lowest BCUT2D eigenvalue weighted by Crippen LogP contribution is -2.29. The fourth-order valence-electron chi connectivity index (χ4n) is 2.88. The van der Waals surface area contributed by atoms with Crippen LogP contribution in [0.2, 0.25) is 0 Å². The summed E-state index contributed by atoms with van der Waals surface area (Å²) in [7, 11) is 0. The van der Waals surface area contributed by atoms with Crippen molar-refractivity contribution in [3.8, 4) is 5.69 Å². The van der Waals surface area contributed by atoms with Crippen LogP contribution < -0.4 is 0 Å². The van der Waals surface area contributed by atoms with Gasteiger partial charge in [0, 0.05) is 18.5 Å². The maximum Gasteiger partial charge on any atom is 0.345 e. The van der Waals surface area contributed by atoms with Crippen molar-refractivity contribution < 1.29 is 9.08 Å². The molecule has 3 heterocycles. The Balaban J connectivity index is 1.82. The molecule has 0 N–H and O–H groups in total. The highest BCUT2D eigenvalue weighted by Gasteiger charge is 2.45. The number of thiol groups is 1. The molecule has 102 valence electrons. The van der Waals surface area contributed by atoms with Crippen molar-refractivity contribution in [3.63, 3.8) is 0 Å². The number of fused-ring (bicyclic) bond motifs is 4. The molecule has 7 heteroatoms. The van der Waals surface area contributed by atoms with Crippen molar-refractivity contribution in [2.45, 2.75) is 12.6 Å². The quantitative estimate of drug-likeness (QED) is 0.678. The summed E-state index contributed by atoms with van der Waals surface area (Å²) in [5, 5.41) is 5.75. The normalized spacial score (nSPS) is 20.4. The number of rotatable bonds is 2. The average molecular weight is 288 g/mol. The summed E-state index contributed by atoms with van der Waals surface area (Å²) < 4.78 is 6.79. The topological polar surface area (TPSA) is 50.6 Å². The summed E-state index contributed by atoms with van der Waals surface area (Å²) in [5.74, 6) is 0. The molecular weight excluding hydrogens is 276 g/mol. The van der Waals surface area contributed by atoms with Crippen molar-refractivity contribution in [2.24, 2.45) is 0 Å². The van der Waals surface area contributed by atoms with Crippen LogP contribution in [-0.4, -0.2) is 32.3 Å². The number of hydrogen-bond donors (Lipinski definition) is 1. The van der Waals surface area contributed by atoms with E-state index in [4.69, 9.17) is 4.28 Å². The van der Waals surface area contributed by atoms with Crippen LogP contribution >= 0.6 is 12.9 Å². The summed E-state index contributed by atoms with van der Waals surface area (Å²) in [6.07, 6.45) is 1.81. The number of benzene rings is 1. The number of aromatic nitrogens is 2. The van der Waals surface area contributed by atoms with Crippen LogP contribution in [0, 0.1) is 0 Å². The summed E-state index contributed by atoms with van der Waals surface area (Å²) in [4.78, 5) is 13.8. The van der Waals surface area contributed by atoms with Gasteiger partial charge in [-0.1, -0.05) is 18.2 Å². The van der Waals surface area contributed by atoms with E-state index in [-0.39, 0.29) is 12.1 Å². The van der Waals surface area contributed by atoms with Crippen molar-refractivity contribution in [1.29, 1.82) is 0 Å². The molecule has 0 saturated carbocycles. The van der Waals surface area contributed by atoms with Crippen LogP contribution in [0.15, 0.2) is 36.5 Å². The lowest BCUT2D eigenvalue weighted by Gasteiger charge is -2.22. The minimum absolute atomic E-state index is 0.138. The lowest BCUT2D eigenvalue weighted by molar-refractivity contribution is -0.00365. The average Bonchev–Trinajstić information content (AvgIpc) is 3.02. The van der Waals surface area contributed by atoms with Gasteiger partial charge in [0.2, 0.25) is 0 Å². The molecule has 1 aromatic carbocycles. The molecule has 20 heavy (non-hydrogen) atoms. The van der Waals surface area contributed by atoms with Gasteiger partial charge in [0.25, 0.3) is 0 Å². The molecule has 2 amide bonds. The Morgan fingerprint density at radius 3 is 2.85 bits per heavy atom. The third-order valence-electron chi connectivity index (χ3n) is 3.82. The van der Waals surface area contributed by atoms with Gasteiger partial charge in [0.15, 0.2) is 0 Å². The zero-order valence-electron chi connectivity index (χ0n) is 10.5. The van der Waals surface area contributed by atoms with Gasteiger partial charge in [-0.05, 0) is 12.1 Å². The molecule has 1 fully saturated rings. The number of carbonyl (C=O) groups excluding carboxylic acids is 1. The molecule has 1 atom stereocenters. The molecule has 2 aliphatic heterocycles. The van der Waals surface area contributed by atoms with Crippen molar-refractivity contribution in [2.75, 3.05) is 6.54 Å². The van der Waals surface area contributed by atoms with E-state index in [1.807, 2.05) is 41.2 Å². The standard InChI is InChI=1S/C13H12N4O2S/c18-13-15-7-11-10(12(8-15)17(13)19-20)6-14-16(11)9-4-2-1-3-5-9/h1-6,12,20H,7-8H2. The smallest absolute Gasteiger partial charge is 0.314 e. The fraction of sp³-hybridized carbons (Fsp3) is 0.231. The Labute approximate surface area is 121 Å². The SMILES string of the molecule is O=C1N2Cc3c(cnn3-c3ccccc3)C(C2)N1OS. The largest absolute Gasteiger partial charge is 0.345 e. The van der Waals surface area contributed by atoms with Gasteiger partial charge >= 0.3 is 6.03 Å². The monoisotopic (exact) mass is 288 g/mol. The van der Waals surface area contributed by atoms with Gasteiger partial charge < -0.3 is 4.90 Å². The first-order chi connectivity index (χ1) is 9.79. The zero-order chi connectivity index (χ0) is 13.7. The van der Waals surface area contributed by atoms with Crippen LogP contribution in [0.1, 0.15) is 17.3 Å². The van der Waals surface area contributed by atoms with E-state index in [9.17, 15) is 4.79 Å². The van der Waals surface area contributed by atoms with Gasteiger partial charge in [-0.15, -0.1) is 0 Å². The fourth-order valence-corrected chi connectivity index (χ4v) is 3.06. The van der Waals surface area contributed by atoms with Gasteiger partial charge in [-0.3, -0.25) is 0 Å². The minimum atomic E-state index is -0.152. The highest BCUT2D eigenvalue weighted by molar-refractivity contribution is 7.75. The van der Waals surface area contributed by atoms with Gasteiger partial charge in [-0.25, -0.2) is 13.8 Å². The molecule has 0 radical (unpaired) electrons. The van der Waals surface area contributed by atoms with E-state index in [1.54, 1.807) is 4.90 Å². The summed E-state index contributed by atoms with van der Waals surface area (Å²) >= 11 is 3.78. The molecule has 2 bridgehead atoms. The van der Waals surface area contributed by atoms with E-state index < -0.39 is 0 Å². The van der Waals surface area contributed by atoms with Crippen LogP contribution in [0.3, 0.4) is 0 Å². The highest BCUT2D eigenvalue weighted by Crippen LogP contribution is 2.38. The number of para-hydroxylation sites is 1. The van der Waals surface area contributed by atoms with E-state index in [0.29, 0.717) is 13.1 Å². The Morgan fingerprint density at radius 2 is 2.10 bits per heavy atom. The maximum absolute atomic E-state index is 12.1. The molecule has 0 spiro atoms. The second-order valence-corrected chi connectivity index (χ2v) is 5.04. The van der Waals surface area contributed by atoms with Gasteiger partial charge in [-0.2, -0.15) is 10.2 Å². The van der Waals surface area contributed by atoms with E-state index in [2.05, 4.69) is 18.0 Å². The second kappa shape index (κ2) is 4.26. The molecule has 4 rings (SSSR count). The van der Waals surface area contributed by atoms with E-state index in [0.717, 1.165) is 16.9 Å². The molecular formula is C13H12N4O2S. The minimum Gasteiger partial charge on any atom is -0.314 e. The first-order valence-electron chi connectivity index (χ1n) is 6.31. The number of hydroxylamine groups is 2. The third-order valence-corrected chi connectivity index (χ3v) is 4.00. The molecule has 1 saturated heterocycles. The Bertz CT molecular complexity index is 672.